The lowest BCUT2D eigenvalue weighted by atomic mass is 10.1. The first-order valence-corrected chi connectivity index (χ1v) is 9.70. The van der Waals surface area contributed by atoms with Crippen LogP contribution in [0.1, 0.15) is 31.0 Å². The average Bonchev–Trinajstić information content (AvgIpc) is 2.73. The van der Waals surface area contributed by atoms with Gasteiger partial charge < -0.3 is 10.1 Å². The summed E-state index contributed by atoms with van der Waals surface area (Å²) in [5.41, 5.74) is 2.01. The van der Waals surface area contributed by atoms with Crippen molar-refractivity contribution in [2.24, 2.45) is 0 Å². The standard InChI is InChI=1S/C24H27FN2O2/c1-16(19-7-10-22(25)11-8-19)26-24(28)17(2)27(3)15-18-5-6-21-14-23(29-4)12-9-20(21)13-18/h5-14,16-17H,15H2,1-4H3,(H,26,28)/t16-,17+/m1/s1. The summed E-state index contributed by atoms with van der Waals surface area (Å²) in [4.78, 5) is 14.7. The van der Waals surface area contributed by atoms with E-state index in [1.807, 2.05) is 44.0 Å². The minimum Gasteiger partial charge on any atom is -0.497 e. The molecule has 0 saturated heterocycles. The van der Waals surface area contributed by atoms with Crippen LogP contribution in [0.3, 0.4) is 0 Å². The predicted molar refractivity (Wildman–Crippen MR) is 114 cm³/mol. The molecule has 0 saturated carbocycles. The van der Waals surface area contributed by atoms with Crippen molar-refractivity contribution >= 4 is 16.7 Å². The van der Waals surface area contributed by atoms with Crippen LogP contribution in [0, 0.1) is 5.82 Å². The van der Waals surface area contributed by atoms with E-state index in [2.05, 4.69) is 23.5 Å². The van der Waals surface area contributed by atoms with Crippen molar-refractivity contribution in [3.8, 4) is 5.75 Å². The fourth-order valence-corrected chi connectivity index (χ4v) is 3.29. The number of amides is 1. The van der Waals surface area contributed by atoms with Gasteiger partial charge in [0.1, 0.15) is 11.6 Å². The zero-order chi connectivity index (χ0) is 21.0. The second-order valence-corrected chi connectivity index (χ2v) is 7.42. The third kappa shape index (κ3) is 5.12. The van der Waals surface area contributed by atoms with E-state index in [4.69, 9.17) is 4.74 Å². The van der Waals surface area contributed by atoms with Crippen LogP contribution in [0.15, 0.2) is 60.7 Å². The van der Waals surface area contributed by atoms with E-state index in [0.717, 1.165) is 27.6 Å². The highest BCUT2D eigenvalue weighted by Crippen LogP contribution is 2.22. The minimum absolute atomic E-state index is 0.0603. The molecule has 0 aliphatic heterocycles. The molecule has 0 aliphatic rings. The Labute approximate surface area is 171 Å². The number of benzene rings is 3. The zero-order valence-electron chi connectivity index (χ0n) is 17.3. The summed E-state index contributed by atoms with van der Waals surface area (Å²) in [6, 6.07) is 18.0. The largest absolute Gasteiger partial charge is 0.497 e. The second-order valence-electron chi connectivity index (χ2n) is 7.42. The second kappa shape index (κ2) is 9.05. The lowest BCUT2D eigenvalue weighted by molar-refractivity contribution is -0.126. The van der Waals surface area contributed by atoms with Gasteiger partial charge in [-0.05, 0) is 73.1 Å². The van der Waals surface area contributed by atoms with Crippen LogP contribution in [0.4, 0.5) is 4.39 Å². The molecule has 3 aromatic rings. The normalized spacial score (nSPS) is 13.3. The SMILES string of the molecule is COc1ccc2cc(CN(C)[C@@H](C)C(=O)N[C@H](C)c3ccc(F)cc3)ccc2c1. The molecule has 3 aromatic carbocycles. The van der Waals surface area contributed by atoms with Crippen molar-refractivity contribution in [1.82, 2.24) is 10.2 Å². The third-order valence-electron chi connectivity index (χ3n) is 5.31. The molecule has 152 valence electrons. The van der Waals surface area contributed by atoms with Crippen LogP contribution in [-0.2, 0) is 11.3 Å². The third-order valence-corrected chi connectivity index (χ3v) is 5.31. The Balaban J connectivity index is 1.63. The minimum atomic E-state index is -0.301. The molecule has 4 nitrogen and oxygen atoms in total. The molecule has 0 fully saturated rings. The fraction of sp³-hybridized carbons (Fsp3) is 0.292. The number of fused-ring (bicyclic) bond motifs is 1. The van der Waals surface area contributed by atoms with E-state index in [1.54, 1.807) is 19.2 Å². The van der Waals surface area contributed by atoms with Gasteiger partial charge in [-0.1, -0.05) is 30.3 Å². The number of hydrogen-bond donors (Lipinski definition) is 1. The Morgan fingerprint density at radius 3 is 2.38 bits per heavy atom. The molecule has 0 aliphatic carbocycles. The van der Waals surface area contributed by atoms with Crippen molar-refractivity contribution in [3.63, 3.8) is 0 Å². The molecule has 5 heteroatoms. The van der Waals surface area contributed by atoms with Crippen molar-refractivity contribution in [2.75, 3.05) is 14.2 Å². The number of likely N-dealkylation sites (N-methyl/N-ethyl adjacent to an activating group) is 1. The van der Waals surface area contributed by atoms with Gasteiger partial charge in [-0.3, -0.25) is 9.69 Å². The van der Waals surface area contributed by atoms with Crippen LogP contribution < -0.4 is 10.1 Å². The van der Waals surface area contributed by atoms with E-state index < -0.39 is 0 Å². The number of hydrogen-bond acceptors (Lipinski definition) is 3. The molecule has 0 bridgehead atoms. The van der Waals surface area contributed by atoms with E-state index in [0.29, 0.717) is 6.54 Å². The summed E-state index contributed by atoms with van der Waals surface area (Å²) >= 11 is 0. The maximum atomic E-state index is 13.1. The van der Waals surface area contributed by atoms with E-state index in [9.17, 15) is 9.18 Å². The maximum absolute atomic E-state index is 13.1. The van der Waals surface area contributed by atoms with Crippen molar-refractivity contribution in [3.05, 3.63) is 77.6 Å². The first kappa shape index (κ1) is 20.8. The summed E-state index contributed by atoms with van der Waals surface area (Å²) in [6.45, 7) is 4.44. The van der Waals surface area contributed by atoms with Crippen LogP contribution in [0.2, 0.25) is 0 Å². The van der Waals surface area contributed by atoms with Crippen LogP contribution in [-0.4, -0.2) is 31.0 Å². The smallest absolute Gasteiger partial charge is 0.237 e. The Bertz CT molecular complexity index is 988. The number of ether oxygens (including phenoxy) is 1. The number of carbonyl (C=O) groups excluding carboxylic acids is 1. The van der Waals surface area contributed by atoms with Gasteiger partial charge >= 0.3 is 0 Å². The predicted octanol–water partition coefficient (Wildman–Crippen LogP) is 4.69. The zero-order valence-corrected chi connectivity index (χ0v) is 17.3. The van der Waals surface area contributed by atoms with E-state index in [-0.39, 0.29) is 23.8 Å². The number of methoxy groups -OCH3 is 1. The average molecular weight is 394 g/mol. The van der Waals surface area contributed by atoms with E-state index >= 15 is 0 Å². The summed E-state index contributed by atoms with van der Waals surface area (Å²) in [7, 11) is 3.60. The van der Waals surface area contributed by atoms with Crippen molar-refractivity contribution in [1.29, 1.82) is 0 Å². The summed E-state index contributed by atoms with van der Waals surface area (Å²) in [5, 5.41) is 5.27. The molecule has 1 amide bonds. The molecule has 1 N–H and O–H groups in total. The highest BCUT2D eigenvalue weighted by molar-refractivity contribution is 5.84. The van der Waals surface area contributed by atoms with Gasteiger partial charge in [-0.15, -0.1) is 0 Å². The molecule has 0 heterocycles. The Hall–Kier alpha value is -2.92. The molecule has 0 radical (unpaired) electrons. The van der Waals surface area contributed by atoms with Gasteiger partial charge in [-0.25, -0.2) is 4.39 Å². The van der Waals surface area contributed by atoms with Crippen molar-refractivity contribution < 1.29 is 13.9 Å². The summed E-state index contributed by atoms with van der Waals surface area (Å²) in [6.07, 6.45) is 0. The monoisotopic (exact) mass is 394 g/mol. The molecule has 29 heavy (non-hydrogen) atoms. The molecule has 0 aromatic heterocycles. The molecule has 3 rings (SSSR count). The molecule has 0 spiro atoms. The number of carbonyl (C=O) groups is 1. The van der Waals surface area contributed by atoms with Gasteiger partial charge in [0.2, 0.25) is 5.91 Å². The Kier molecular flexibility index (Phi) is 6.49. The topological polar surface area (TPSA) is 41.6 Å². The van der Waals surface area contributed by atoms with Crippen LogP contribution >= 0.6 is 0 Å². The Morgan fingerprint density at radius 1 is 1.03 bits per heavy atom. The van der Waals surface area contributed by atoms with Gasteiger partial charge in [0.25, 0.3) is 0 Å². The summed E-state index contributed by atoms with van der Waals surface area (Å²) in [5.74, 6) is 0.493. The number of nitrogens with zero attached hydrogens (tertiary/aromatic N) is 1. The molecule has 0 unspecified atom stereocenters. The maximum Gasteiger partial charge on any atom is 0.237 e. The van der Waals surface area contributed by atoms with Gasteiger partial charge in [0, 0.05) is 6.54 Å². The van der Waals surface area contributed by atoms with Gasteiger partial charge in [-0.2, -0.15) is 0 Å². The van der Waals surface area contributed by atoms with Gasteiger partial charge in [0.05, 0.1) is 19.2 Å². The molecular formula is C24H27FN2O2. The number of halogens is 1. The highest BCUT2D eigenvalue weighted by Gasteiger charge is 2.20. The summed E-state index contributed by atoms with van der Waals surface area (Å²) < 4.78 is 18.4. The number of rotatable bonds is 7. The lowest BCUT2D eigenvalue weighted by Crippen LogP contribution is -2.43. The van der Waals surface area contributed by atoms with Crippen molar-refractivity contribution in [2.45, 2.75) is 32.5 Å². The number of nitrogens with one attached hydrogen (secondary N) is 1. The highest BCUT2D eigenvalue weighted by atomic mass is 19.1. The lowest BCUT2D eigenvalue weighted by Gasteiger charge is -2.26. The van der Waals surface area contributed by atoms with Crippen LogP contribution in [0.25, 0.3) is 10.8 Å². The Morgan fingerprint density at radius 2 is 1.69 bits per heavy atom. The molecule has 2 atom stereocenters. The molecular weight excluding hydrogens is 367 g/mol. The van der Waals surface area contributed by atoms with Crippen LogP contribution in [0.5, 0.6) is 5.75 Å². The fourth-order valence-electron chi connectivity index (χ4n) is 3.29. The van der Waals surface area contributed by atoms with E-state index in [1.165, 1.54) is 12.1 Å². The first-order chi connectivity index (χ1) is 13.9. The van der Waals surface area contributed by atoms with Gasteiger partial charge in [0.15, 0.2) is 0 Å². The first-order valence-electron chi connectivity index (χ1n) is 9.70. The quantitative estimate of drug-likeness (QED) is 0.632.